The van der Waals surface area contributed by atoms with Crippen molar-refractivity contribution in [1.29, 1.82) is 0 Å². The van der Waals surface area contributed by atoms with Crippen LogP contribution in [0.4, 0.5) is 0 Å². The summed E-state index contributed by atoms with van der Waals surface area (Å²) < 4.78 is 1.55. The van der Waals surface area contributed by atoms with E-state index in [1.54, 1.807) is 23.9 Å². The zero-order valence-corrected chi connectivity index (χ0v) is 10.7. The maximum Gasteiger partial charge on any atom is 0.258 e. The minimum absolute atomic E-state index is 0.00503. The molecule has 0 fully saturated rings. The zero-order chi connectivity index (χ0) is 13.3. The van der Waals surface area contributed by atoms with Gasteiger partial charge in [-0.25, -0.2) is 0 Å². The summed E-state index contributed by atoms with van der Waals surface area (Å²) >= 11 is 0. The Kier molecular flexibility index (Phi) is 3.15. The molecule has 0 spiro atoms. The van der Waals surface area contributed by atoms with Crippen LogP contribution in [0.5, 0.6) is 0 Å². The first-order chi connectivity index (χ1) is 8.50. The van der Waals surface area contributed by atoms with E-state index in [9.17, 15) is 9.59 Å². The molecule has 3 nitrogen and oxygen atoms in total. The predicted molar refractivity (Wildman–Crippen MR) is 73.5 cm³/mol. The second-order valence-electron chi connectivity index (χ2n) is 4.44. The normalized spacial score (nSPS) is 11.8. The van der Waals surface area contributed by atoms with Gasteiger partial charge in [-0.3, -0.25) is 9.59 Å². The van der Waals surface area contributed by atoms with Crippen molar-refractivity contribution < 1.29 is 4.79 Å². The van der Waals surface area contributed by atoms with Crippen molar-refractivity contribution in [3.8, 4) is 0 Å². The summed E-state index contributed by atoms with van der Waals surface area (Å²) in [5.41, 5.74) is 1.77. The Morgan fingerprint density at radius 1 is 1.17 bits per heavy atom. The first kappa shape index (κ1) is 12.3. The first-order valence-electron chi connectivity index (χ1n) is 5.78. The molecule has 1 heterocycles. The van der Waals surface area contributed by atoms with Crippen LogP contribution < -0.4 is 5.56 Å². The maximum atomic E-state index is 12.0. The fourth-order valence-corrected chi connectivity index (χ4v) is 2.11. The molecule has 2 rings (SSSR count). The van der Waals surface area contributed by atoms with Gasteiger partial charge in [0.25, 0.3) is 5.56 Å². The van der Waals surface area contributed by atoms with Gasteiger partial charge in [-0.2, -0.15) is 0 Å². The molecule has 0 amide bonds. The average molecular weight is 241 g/mol. The molecule has 0 atom stereocenters. The molecule has 1 aromatic carbocycles. The number of hydrogen-bond donors (Lipinski definition) is 0. The summed E-state index contributed by atoms with van der Waals surface area (Å²) in [6, 6.07) is 7.45. The number of allylic oxidation sites excluding steroid dienone is 2. The van der Waals surface area contributed by atoms with Gasteiger partial charge < -0.3 is 4.57 Å². The van der Waals surface area contributed by atoms with E-state index in [0.29, 0.717) is 5.39 Å². The van der Waals surface area contributed by atoms with Gasteiger partial charge >= 0.3 is 0 Å². The molecule has 0 saturated carbocycles. The third kappa shape index (κ3) is 2.12. The molecular formula is C15H15NO2. The highest BCUT2D eigenvalue weighted by Crippen LogP contribution is 2.22. The minimum Gasteiger partial charge on any atom is -0.317 e. The van der Waals surface area contributed by atoms with Crippen molar-refractivity contribution in [2.45, 2.75) is 13.8 Å². The SMILES string of the molecule is CC(=O)C=C(C)c1cn(C)c(=O)c2ccccc12. The summed E-state index contributed by atoms with van der Waals surface area (Å²) in [7, 11) is 1.72. The van der Waals surface area contributed by atoms with Gasteiger partial charge in [0, 0.05) is 24.2 Å². The number of aryl methyl sites for hydroxylation is 1. The van der Waals surface area contributed by atoms with E-state index in [-0.39, 0.29) is 11.3 Å². The number of carbonyl (C=O) groups excluding carboxylic acids is 1. The van der Waals surface area contributed by atoms with Crippen molar-refractivity contribution >= 4 is 22.1 Å². The lowest BCUT2D eigenvalue weighted by atomic mass is 10.0. The quantitative estimate of drug-likeness (QED) is 0.758. The molecule has 0 aliphatic rings. The van der Waals surface area contributed by atoms with Gasteiger partial charge in [0.05, 0.1) is 0 Å². The summed E-state index contributed by atoms with van der Waals surface area (Å²) in [6.45, 7) is 3.40. The number of pyridine rings is 1. The van der Waals surface area contributed by atoms with Crippen LogP contribution in [0.1, 0.15) is 19.4 Å². The Balaban J connectivity index is 2.84. The second kappa shape index (κ2) is 4.61. The van der Waals surface area contributed by atoms with Gasteiger partial charge in [-0.05, 0) is 36.9 Å². The van der Waals surface area contributed by atoms with E-state index >= 15 is 0 Å². The lowest BCUT2D eigenvalue weighted by Crippen LogP contribution is -2.17. The Morgan fingerprint density at radius 2 is 1.78 bits per heavy atom. The highest BCUT2D eigenvalue weighted by atomic mass is 16.1. The van der Waals surface area contributed by atoms with Crippen LogP contribution in [0.25, 0.3) is 16.3 Å². The largest absolute Gasteiger partial charge is 0.317 e. The Bertz CT molecular complexity index is 708. The van der Waals surface area contributed by atoms with Crippen LogP contribution in [0.2, 0.25) is 0 Å². The van der Waals surface area contributed by atoms with E-state index < -0.39 is 0 Å². The lowest BCUT2D eigenvalue weighted by molar-refractivity contribution is -0.112. The number of hydrogen-bond acceptors (Lipinski definition) is 2. The topological polar surface area (TPSA) is 39.1 Å². The molecule has 18 heavy (non-hydrogen) atoms. The van der Waals surface area contributed by atoms with Crippen LogP contribution in [-0.2, 0) is 11.8 Å². The standard InChI is InChI=1S/C15H15NO2/c1-10(8-11(2)17)14-9-16(3)15(18)13-7-5-4-6-12(13)14/h4-9H,1-3H3. The van der Waals surface area contributed by atoms with Gasteiger partial charge in [0.1, 0.15) is 0 Å². The third-order valence-electron chi connectivity index (χ3n) is 2.94. The second-order valence-corrected chi connectivity index (χ2v) is 4.44. The monoisotopic (exact) mass is 241 g/mol. The fraction of sp³-hybridized carbons (Fsp3) is 0.200. The molecule has 92 valence electrons. The number of fused-ring (bicyclic) bond motifs is 1. The first-order valence-corrected chi connectivity index (χ1v) is 5.78. The summed E-state index contributed by atoms with van der Waals surface area (Å²) in [5.74, 6) is 0.00503. The van der Waals surface area contributed by atoms with Gasteiger partial charge in [-0.15, -0.1) is 0 Å². The number of ketones is 1. The number of rotatable bonds is 2. The molecule has 1 aromatic heterocycles. The minimum atomic E-state index is -0.0232. The summed E-state index contributed by atoms with van der Waals surface area (Å²) in [6.07, 6.45) is 3.37. The lowest BCUT2D eigenvalue weighted by Gasteiger charge is -2.09. The van der Waals surface area contributed by atoms with Gasteiger partial charge in [0.15, 0.2) is 5.78 Å². The molecule has 0 aliphatic heterocycles. The maximum absolute atomic E-state index is 12.0. The number of benzene rings is 1. The van der Waals surface area contributed by atoms with Crippen molar-refractivity contribution in [3.05, 3.63) is 52.5 Å². The summed E-state index contributed by atoms with van der Waals surface area (Å²) in [4.78, 5) is 23.2. The number of carbonyl (C=O) groups is 1. The molecule has 3 heteroatoms. The number of nitrogens with zero attached hydrogens (tertiary/aromatic N) is 1. The predicted octanol–water partition coefficient (Wildman–Crippen LogP) is 2.53. The Hall–Kier alpha value is -2.16. The van der Waals surface area contributed by atoms with Gasteiger partial charge in [-0.1, -0.05) is 18.2 Å². The highest BCUT2D eigenvalue weighted by Gasteiger charge is 2.08. The molecule has 0 bridgehead atoms. The van der Waals surface area contributed by atoms with Crippen LogP contribution in [-0.4, -0.2) is 10.4 Å². The van der Waals surface area contributed by atoms with Crippen molar-refractivity contribution in [3.63, 3.8) is 0 Å². The average Bonchev–Trinajstić information content (AvgIpc) is 2.33. The molecule has 0 N–H and O–H groups in total. The Morgan fingerprint density at radius 3 is 2.39 bits per heavy atom. The molecule has 2 aromatic rings. The smallest absolute Gasteiger partial charge is 0.258 e. The highest BCUT2D eigenvalue weighted by molar-refractivity contribution is 6.00. The van der Waals surface area contributed by atoms with Crippen LogP contribution >= 0.6 is 0 Å². The van der Waals surface area contributed by atoms with E-state index in [1.165, 1.54) is 6.92 Å². The molecule has 0 saturated heterocycles. The number of aromatic nitrogens is 1. The molecule has 0 aliphatic carbocycles. The van der Waals surface area contributed by atoms with Gasteiger partial charge in [0.2, 0.25) is 0 Å². The Labute approximate surface area is 105 Å². The van der Waals surface area contributed by atoms with Crippen LogP contribution in [0.3, 0.4) is 0 Å². The fourth-order valence-electron chi connectivity index (χ4n) is 2.11. The van der Waals surface area contributed by atoms with Crippen molar-refractivity contribution in [1.82, 2.24) is 4.57 Å². The van der Waals surface area contributed by atoms with Crippen molar-refractivity contribution in [2.24, 2.45) is 7.05 Å². The molecule has 0 unspecified atom stereocenters. The molecule has 0 radical (unpaired) electrons. The van der Waals surface area contributed by atoms with Crippen molar-refractivity contribution in [2.75, 3.05) is 0 Å². The third-order valence-corrected chi connectivity index (χ3v) is 2.94. The zero-order valence-electron chi connectivity index (χ0n) is 10.7. The van der Waals surface area contributed by atoms with Crippen LogP contribution in [0.15, 0.2) is 41.3 Å². The van der Waals surface area contributed by atoms with Crippen LogP contribution in [0, 0.1) is 0 Å². The van der Waals surface area contributed by atoms with E-state index in [0.717, 1.165) is 16.5 Å². The molecular weight excluding hydrogens is 226 g/mol. The van der Waals surface area contributed by atoms with E-state index in [4.69, 9.17) is 0 Å². The van der Waals surface area contributed by atoms with E-state index in [2.05, 4.69) is 0 Å². The summed E-state index contributed by atoms with van der Waals surface area (Å²) in [5, 5.41) is 1.56. The van der Waals surface area contributed by atoms with E-state index in [1.807, 2.05) is 31.2 Å².